The predicted octanol–water partition coefficient (Wildman–Crippen LogP) is 1.34. The number of rotatable bonds is 3. The van der Waals surface area contributed by atoms with Gasteiger partial charge in [-0.2, -0.15) is 4.98 Å². The molecule has 2 N–H and O–H groups in total. The van der Waals surface area contributed by atoms with Crippen molar-refractivity contribution in [3.63, 3.8) is 0 Å². The molecule has 3 rings (SSSR count). The zero-order valence-electron chi connectivity index (χ0n) is 10.4. The number of hydrogen-bond acceptors (Lipinski definition) is 6. The van der Waals surface area contributed by atoms with Crippen molar-refractivity contribution < 1.29 is 4.52 Å². The van der Waals surface area contributed by atoms with E-state index < -0.39 is 0 Å². The highest BCUT2D eigenvalue weighted by molar-refractivity contribution is 5.87. The van der Waals surface area contributed by atoms with Crippen LogP contribution in [-0.4, -0.2) is 34.8 Å². The van der Waals surface area contributed by atoms with Gasteiger partial charge in [0.05, 0.1) is 5.69 Å². The van der Waals surface area contributed by atoms with Gasteiger partial charge in [0.25, 0.3) is 5.71 Å². The van der Waals surface area contributed by atoms with Crippen LogP contribution >= 0.6 is 0 Å². The number of hydrogen-bond donors (Lipinski definition) is 2. The number of piperidine rings is 1. The van der Waals surface area contributed by atoms with Crippen LogP contribution in [0.25, 0.3) is 11.1 Å². The third kappa shape index (κ3) is 2.15. The maximum Gasteiger partial charge on any atom is 0.263 e. The Morgan fingerprint density at radius 2 is 2.44 bits per heavy atom. The Morgan fingerprint density at radius 1 is 1.50 bits per heavy atom. The number of fused-ring (bicyclic) bond motifs is 1. The molecule has 1 aliphatic rings. The van der Waals surface area contributed by atoms with Crippen LogP contribution in [0.3, 0.4) is 0 Å². The average Bonchev–Trinajstić information content (AvgIpc) is 2.80. The lowest BCUT2D eigenvalue weighted by atomic mass is 10.00. The average molecular weight is 247 g/mol. The van der Waals surface area contributed by atoms with E-state index in [0.29, 0.717) is 11.6 Å². The maximum absolute atomic E-state index is 5.13. The van der Waals surface area contributed by atoms with Crippen molar-refractivity contribution in [3.8, 4) is 0 Å². The zero-order valence-corrected chi connectivity index (χ0v) is 10.4. The van der Waals surface area contributed by atoms with Crippen LogP contribution in [-0.2, 0) is 0 Å². The fraction of sp³-hybridized carbons (Fsp3) is 0.583. The number of aryl methyl sites for hydroxylation is 1. The van der Waals surface area contributed by atoms with Crippen LogP contribution in [0.15, 0.2) is 10.9 Å². The summed E-state index contributed by atoms with van der Waals surface area (Å²) in [6, 6.07) is 0. The minimum atomic E-state index is 0.548. The van der Waals surface area contributed by atoms with Gasteiger partial charge in [-0.3, -0.25) is 0 Å². The summed E-state index contributed by atoms with van der Waals surface area (Å²) in [5, 5.41) is 11.6. The van der Waals surface area contributed by atoms with Gasteiger partial charge in [-0.25, -0.2) is 4.98 Å². The minimum absolute atomic E-state index is 0.548. The van der Waals surface area contributed by atoms with E-state index in [1.54, 1.807) is 0 Å². The predicted molar refractivity (Wildman–Crippen MR) is 68.4 cm³/mol. The minimum Gasteiger partial charge on any atom is -0.369 e. The highest BCUT2D eigenvalue weighted by Crippen LogP contribution is 2.22. The lowest BCUT2D eigenvalue weighted by Crippen LogP contribution is -2.33. The van der Waals surface area contributed by atoms with Crippen LogP contribution in [0, 0.1) is 12.8 Å². The molecule has 2 aromatic heterocycles. The van der Waals surface area contributed by atoms with Crippen molar-refractivity contribution in [3.05, 3.63) is 12.0 Å². The van der Waals surface area contributed by atoms with E-state index in [1.165, 1.54) is 19.2 Å². The zero-order chi connectivity index (χ0) is 12.4. The Hall–Kier alpha value is -1.69. The van der Waals surface area contributed by atoms with E-state index in [0.717, 1.165) is 36.5 Å². The van der Waals surface area contributed by atoms with Crippen LogP contribution in [0.1, 0.15) is 18.5 Å². The van der Waals surface area contributed by atoms with Crippen LogP contribution in [0.2, 0.25) is 0 Å². The van der Waals surface area contributed by atoms with E-state index >= 15 is 0 Å². The second kappa shape index (κ2) is 4.89. The van der Waals surface area contributed by atoms with E-state index in [9.17, 15) is 0 Å². The Kier molecular flexibility index (Phi) is 3.10. The highest BCUT2D eigenvalue weighted by Gasteiger charge is 2.15. The van der Waals surface area contributed by atoms with Gasteiger partial charge in [0.2, 0.25) is 0 Å². The SMILES string of the molecule is Cc1noc2ncnc(NCC3CCCNC3)c12. The first-order valence-electron chi connectivity index (χ1n) is 6.36. The van der Waals surface area contributed by atoms with Crippen molar-refractivity contribution in [2.24, 2.45) is 5.92 Å². The second-order valence-corrected chi connectivity index (χ2v) is 4.76. The standard InChI is InChI=1S/C12H17N5O/c1-8-10-11(15-7-16-12(10)18-17-8)14-6-9-3-2-4-13-5-9/h7,9,13H,2-6H2,1H3,(H,14,15,16). The molecule has 1 atom stereocenters. The van der Waals surface area contributed by atoms with E-state index in [1.807, 2.05) is 6.92 Å². The molecule has 3 heterocycles. The van der Waals surface area contributed by atoms with E-state index in [-0.39, 0.29) is 0 Å². The fourth-order valence-corrected chi connectivity index (χ4v) is 2.40. The van der Waals surface area contributed by atoms with E-state index in [4.69, 9.17) is 4.52 Å². The Morgan fingerprint density at radius 3 is 3.28 bits per heavy atom. The first-order valence-corrected chi connectivity index (χ1v) is 6.36. The molecule has 0 amide bonds. The summed E-state index contributed by atoms with van der Waals surface area (Å²) >= 11 is 0. The van der Waals surface area contributed by atoms with Gasteiger partial charge in [0.1, 0.15) is 17.5 Å². The van der Waals surface area contributed by atoms with Gasteiger partial charge in [-0.05, 0) is 38.8 Å². The lowest BCUT2D eigenvalue weighted by molar-refractivity contribution is 0.392. The lowest BCUT2D eigenvalue weighted by Gasteiger charge is -2.23. The summed E-state index contributed by atoms with van der Waals surface area (Å²) in [5.41, 5.74) is 1.38. The smallest absolute Gasteiger partial charge is 0.263 e. The van der Waals surface area contributed by atoms with Crippen molar-refractivity contribution in [1.29, 1.82) is 0 Å². The highest BCUT2D eigenvalue weighted by atomic mass is 16.5. The molecule has 0 spiro atoms. The largest absolute Gasteiger partial charge is 0.369 e. The first kappa shape index (κ1) is 11.4. The van der Waals surface area contributed by atoms with Crippen LogP contribution in [0.5, 0.6) is 0 Å². The molecule has 6 heteroatoms. The van der Waals surface area contributed by atoms with Gasteiger partial charge < -0.3 is 15.2 Å². The molecule has 0 radical (unpaired) electrons. The van der Waals surface area contributed by atoms with Crippen molar-refractivity contribution in [1.82, 2.24) is 20.4 Å². The summed E-state index contributed by atoms with van der Waals surface area (Å²) in [6.45, 7) is 5.04. The molecular formula is C12H17N5O. The quantitative estimate of drug-likeness (QED) is 0.852. The summed E-state index contributed by atoms with van der Waals surface area (Å²) in [7, 11) is 0. The molecule has 0 bridgehead atoms. The Balaban J connectivity index is 1.75. The topological polar surface area (TPSA) is 75.9 Å². The fourth-order valence-electron chi connectivity index (χ4n) is 2.40. The Bertz CT molecular complexity index is 532. The Labute approximate surface area is 105 Å². The van der Waals surface area contributed by atoms with Gasteiger partial charge in [-0.1, -0.05) is 5.16 Å². The molecule has 1 saturated heterocycles. The summed E-state index contributed by atoms with van der Waals surface area (Å²) in [6.07, 6.45) is 4.02. The third-order valence-corrected chi connectivity index (χ3v) is 3.40. The van der Waals surface area contributed by atoms with Gasteiger partial charge in [0, 0.05) is 6.54 Å². The number of nitrogens with one attached hydrogen (secondary N) is 2. The van der Waals surface area contributed by atoms with Gasteiger partial charge in [-0.15, -0.1) is 0 Å². The third-order valence-electron chi connectivity index (χ3n) is 3.40. The second-order valence-electron chi connectivity index (χ2n) is 4.76. The molecule has 0 aromatic carbocycles. The molecule has 0 aliphatic carbocycles. The summed E-state index contributed by atoms with van der Waals surface area (Å²) in [4.78, 5) is 8.35. The number of aromatic nitrogens is 3. The summed E-state index contributed by atoms with van der Waals surface area (Å²) < 4.78 is 5.13. The molecule has 6 nitrogen and oxygen atoms in total. The molecule has 0 saturated carbocycles. The van der Waals surface area contributed by atoms with Crippen molar-refractivity contribution in [2.75, 3.05) is 25.0 Å². The van der Waals surface area contributed by atoms with Gasteiger partial charge >= 0.3 is 0 Å². The molecule has 1 unspecified atom stereocenters. The van der Waals surface area contributed by atoms with Crippen LogP contribution in [0.4, 0.5) is 5.82 Å². The molecule has 96 valence electrons. The van der Waals surface area contributed by atoms with Gasteiger partial charge in [0.15, 0.2) is 0 Å². The molecule has 18 heavy (non-hydrogen) atoms. The van der Waals surface area contributed by atoms with Crippen molar-refractivity contribution in [2.45, 2.75) is 19.8 Å². The normalized spacial score (nSPS) is 20.2. The van der Waals surface area contributed by atoms with E-state index in [2.05, 4.69) is 25.8 Å². The number of anilines is 1. The van der Waals surface area contributed by atoms with Crippen LogP contribution < -0.4 is 10.6 Å². The maximum atomic E-state index is 5.13. The number of nitrogens with zero attached hydrogens (tertiary/aromatic N) is 3. The first-order chi connectivity index (χ1) is 8.84. The molecular weight excluding hydrogens is 230 g/mol. The van der Waals surface area contributed by atoms with Crippen molar-refractivity contribution >= 4 is 16.9 Å². The monoisotopic (exact) mass is 247 g/mol. The summed E-state index contributed by atoms with van der Waals surface area (Å²) in [5.74, 6) is 1.48. The molecule has 2 aromatic rings. The molecule has 1 aliphatic heterocycles. The molecule has 1 fully saturated rings.